The predicted octanol–water partition coefficient (Wildman–Crippen LogP) is 1.67. The Bertz CT molecular complexity index is 391. The van der Waals surface area contributed by atoms with Crippen LogP contribution in [-0.2, 0) is 16.1 Å². The van der Waals surface area contributed by atoms with E-state index >= 15 is 0 Å². The minimum absolute atomic E-state index is 0. The maximum atomic E-state index is 12.3. The number of nitrogens with one attached hydrogen (secondary N) is 1. The molecule has 1 unspecified atom stereocenters. The van der Waals surface area contributed by atoms with E-state index in [0.29, 0.717) is 26.2 Å². The molecule has 0 aromatic carbocycles. The monoisotopic (exact) mass is 302 g/mol. The first-order valence-corrected chi connectivity index (χ1v) is 6.93. The van der Waals surface area contributed by atoms with Crippen LogP contribution in [0.15, 0.2) is 30.2 Å². The van der Waals surface area contributed by atoms with Crippen LogP contribution in [0.5, 0.6) is 0 Å². The number of nitrogens with zero attached hydrogens (tertiary/aromatic N) is 1. The number of halogens is 1. The lowest BCUT2D eigenvalue weighted by Crippen LogP contribution is -2.49. The van der Waals surface area contributed by atoms with Crippen molar-refractivity contribution in [1.82, 2.24) is 10.2 Å². The highest BCUT2D eigenvalue weighted by molar-refractivity contribution is 7.09. The van der Waals surface area contributed by atoms with Crippen LogP contribution in [0.25, 0.3) is 0 Å². The fraction of sp³-hybridized carbons (Fsp3) is 0.462. The molecule has 1 saturated heterocycles. The van der Waals surface area contributed by atoms with Crippen molar-refractivity contribution in [2.75, 3.05) is 26.2 Å². The van der Waals surface area contributed by atoms with E-state index in [2.05, 4.69) is 11.9 Å². The van der Waals surface area contributed by atoms with Gasteiger partial charge in [0.2, 0.25) is 0 Å². The van der Waals surface area contributed by atoms with Crippen LogP contribution < -0.4 is 5.32 Å². The molecule has 2 heterocycles. The van der Waals surface area contributed by atoms with Crippen molar-refractivity contribution < 1.29 is 9.53 Å². The molecule has 2 rings (SSSR count). The third-order valence-corrected chi connectivity index (χ3v) is 3.65. The molecule has 0 aliphatic carbocycles. The third-order valence-electron chi connectivity index (χ3n) is 2.79. The SMILES string of the molecule is C=CCN(Cc1cccs1)C(=O)C1CNCCO1.Cl. The van der Waals surface area contributed by atoms with Crippen LogP contribution in [-0.4, -0.2) is 43.2 Å². The van der Waals surface area contributed by atoms with Gasteiger partial charge < -0.3 is 15.0 Å². The molecule has 1 aliphatic heterocycles. The highest BCUT2D eigenvalue weighted by atomic mass is 35.5. The average Bonchev–Trinajstić information content (AvgIpc) is 2.91. The minimum Gasteiger partial charge on any atom is -0.366 e. The molecule has 1 fully saturated rings. The zero-order chi connectivity index (χ0) is 12.8. The lowest BCUT2D eigenvalue weighted by Gasteiger charge is -2.28. The van der Waals surface area contributed by atoms with Crippen LogP contribution in [0.4, 0.5) is 0 Å². The normalized spacial score (nSPS) is 18.4. The molecular weight excluding hydrogens is 284 g/mol. The van der Waals surface area contributed by atoms with Gasteiger partial charge in [-0.3, -0.25) is 4.79 Å². The molecule has 1 atom stereocenters. The van der Waals surface area contributed by atoms with E-state index in [1.165, 1.54) is 4.88 Å². The second-order valence-corrected chi connectivity index (χ2v) is 5.18. The summed E-state index contributed by atoms with van der Waals surface area (Å²) in [4.78, 5) is 15.3. The zero-order valence-electron chi connectivity index (χ0n) is 10.7. The summed E-state index contributed by atoms with van der Waals surface area (Å²) in [5.74, 6) is 0.0375. The molecule has 1 aliphatic rings. The van der Waals surface area contributed by atoms with Gasteiger partial charge in [0.25, 0.3) is 5.91 Å². The van der Waals surface area contributed by atoms with Gasteiger partial charge in [0.15, 0.2) is 0 Å². The van der Waals surface area contributed by atoms with Crippen molar-refractivity contribution in [2.24, 2.45) is 0 Å². The molecule has 0 saturated carbocycles. The van der Waals surface area contributed by atoms with Gasteiger partial charge in [0.1, 0.15) is 6.10 Å². The van der Waals surface area contributed by atoms with Crippen LogP contribution in [0.1, 0.15) is 4.88 Å². The molecule has 4 nitrogen and oxygen atoms in total. The van der Waals surface area contributed by atoms with Gasteiger partial charge in [-0.2, -0.15) is 0 Å². The van der Waals surface area contributed by atoms with Crippen molar-refractivity contribution >= 4 is 29.7 Å². The highest BCUT2D eigenvalue weighted by Crippen LogP contribution is 2.13. The van der Waals surface area contributed by atoms with Crippen LogP contribution in [0.3, 0.4) is 0 Å². The van der Waals surface area contributed by atoms with E-state index in [1.54, 1.807) is 22.3 Å². The number of rotatable bonds is 5. The van der Waals surface area contributed by atoms with Crippen molar-refractivity contribution in [3.63, 3.8) is 0 Å². The number of hydrogen-bond donors (Lipinski definition) is 1. The Morgan fingerprint density at radius 3 is 3.11 bits per heavy atom. The van der Waals surface area contributed by atoms with E-state index in [0.717, 1.165) is 6.54 Å². The molecule has 1 aromatic rings. The van der Waals surface area contributed by atoms with E-state index < -0.39 is 0 Å². The maximum Gasteiger partial charge on any atom is 0.253 e. The second-order valence-electron chi connectivity index (χ2n) is 4.15. The van der Waals surface area contributed by atoms with Gasteiger partial charge >= 0.3 is 0 Å². The molecule has 1 aromatic heterocycles. The van der Waals surface area contributed by atoms with Crippen molar-refractivity contribution in [1.29, 1.82) is 0 Å². The summed E-state index contributed by atoms with van der Waals surface area (Å²) in [6, 6.07) is 4.03. The standard InChI is InChI=1S/C13H18N2O2S.ClH/c1-2-6-15(10-11-4-3-8-18-11)13(16)12-9-14-5-7-17-12;/h2-4,8,12,14H,1,5-7,9-10H2;1H. The zero-order valence-corrected chi connectivity index (χ0v) is 12.3. The van der Waals surface area contributed by atoms with Crippen LogP contribution >= 0.6 is 23.7 Å². The Hall–Kier alpha value is -0.880. The minimum atomic E-state index is -0.362. The van der Waals surface area contributed by atoms with Crippen LogP contribution in [0, 0.1) is 0 Å². The molecular formula is C13H19ClN2O2S. The predicted molar refractivity (Wildman–Crippen MR) is 79.8 cm³/mol. The number of amides is 1. The topological polar surface area (TPSA) is 41.6 Å². The van der Waals surface area contributed by atoms with Crippen molar-refractivity contribution in [3.8, 4) is 0 Å². The lowest BCUT2D eigenvalue weighted by atomic mass is 10.2. The highest BCUT2D eigenvalue weighted by Gasteiger charge is 2.26. The quantitative estimate of drug-likeness (QED) is 0.841. The molecule has 0 bridgehead atoms. The second kappa shape index (κ2) is 8.32. The molecule has 0 radical (unpaired) electrons. The largest absolute Gasteiger partial charge is 0.366 e. The van der Waals surface area contributed by atoms with E-state index in [-0.39, 0.29) is 24.4 Å². The number of morpholine rings is 1. The van der Waals surface area contributed by atoms with Gasteiger partial charge in [-0.1, -0.05) is 12.1 Å². The van der Waals surface area contributed by atoms with Gasteiger partial charge in [-0.15, -0.1) is 30.3 Å². The van der Waals surface area contributed by atoms with E-state index in [1.807, 2.05) is 17.5 Å². The van der Waals surface area contributed by atoms with Gasteiger partial charge in [-0.25, -0.2) is 0 Å². The fourth-order valence-corrected chi connectivity index (χ4v) is 2.63. The first-order valence-electron chi connectivity index (χ1n) is 6.05. The summed E-state index contributed by atoms with van der Waals surface area (Å²) in [5, 5.41) is 5.19. The average molecular weight is 303 g/mol. The molecule has 1 amide bonds. The van der Waals surface area contributed by atoms with Gasteiger partial charge in [-0.05, 0) is 11.4 Å². The molecule has 19 heavy (non-hydrogen) atoms. The summed E-state index contributed by atoms with van der Waals surface area (Å²) in [5.41, 5.74) is 0. The van der Waals surface area contributed by atoms with Crippen molar-refractivity contribution in [2.45, 2.75) is 12.6 Å². The molecule has 0 spiro atoms. The first-order chi connectivity index (χ1) is 8.81. The summed E-state index contributed by atoms with van der Waals surface area (Å²) in [6.07, 6.45) is 1.39. The summed E-state index contributed by atoms with van der Waals surface area (Å²) >= 11 is 1.66. The first kappa shape index (κ1) is 16.2. The summed E-state index contributed by atoms with van der Waals surface area (Å²) in [6.45, 7) is 6.89. The Kier molecular flexibility index (Phi) is 7.09. The Morgan fingerprint density at radius 2 is 2.53 bits per heavy atom. The van der Waals surface area contributed by atoms with Crippen molar-refractivity contribution in [3.05, 3.63) is 35.0 Å². The van der Waals surface area contributed by atoms with Gasteiger partial charge in [0, 0.05) is 24.5 Å². The number of carbonyl (C=O) groups is 1. The maximum absolute atomic E-state index is 12.3. The summed E-state index contributed by atoms with van der Waals surface area (Å²) in [7, 11) is 0. The number of carbonyl (C=O) groups excluding carboxylic acids is 1. The fourth-order valence-electron chi connectivity index (χ4n) is 1.91. The Labute approximate surface area is 123 Å². The van der Waals surface area contributed by atoms with E-state index in [4.69, 9.17) is 4.74 Å². The van der Waals surface area contributed by atoms with Crippen LogP contribution in [0.2, 0.25) is 0 Å². The number of ether oxygens (including phenoxy) is 1. The third kappa shape index (κ3) is 4.62. The molecule has 1 N–H and O–H groups in total. The molecule has 106 valence electrons. The van der Waals surface area contributed by atoms with E-state index in [9.17, 15) is 4.79 Å². The molecule has 6 heteroatoms. The number of hydrogen-bond acceptors (Lipinski definition) is 4. The summed E-state index contributed by atoms with van der Waals surface area (Å²) < 4.78 is 5.50. The number of thiophene rings is 1. The Morgan fingerprint density at radius 1 is 1.68 bits per heavy atom. The smallest absolute Gasteiger partial charge is 0.253 e. The lowest BCUT2D eigenvalue weighted by molar-refractivity contribution is -0.145. The Balaban J connectivity index is 0.00000180. The van der Waals surface area contributed by atoms with Gasteiger partial charge in [0.05, 0.1) is 13.2 Å².